The van der Waals surface area contributed by atoms with Crippen LogP contribution in [0, 0.1) is 0 Å². The molecule has 0 aliphatic carbocycles. The number of aliphatic hydroxyl groups is 1. The standard InChI is InChI=1S/C19H33N3O2/c1-21(11-14-24-13-5-3-2-4-12-23)16-18-7-6-8-19(15-18)22-10-9-20-17-22/h6-8,15,20,23H,2-5,9-14,16-17H2,1H3. The van der Waals surface area contributed by atoms with Crippen molar-refractivity contribution in [1.82, 2.24) is 10.2 Å². The second-order valence-corrected chi connectivity index (χ2v) is 6.58. The van der Waals surface area contributed by atoms with E-state index < -0.39 is 0 Å². The van der Waals surface area contributed by atoms with Gasteiger partial charge < -0.3 is 14.7 Å². The number of anilines is 1. The van der Waals surface area contributed by atoms with E-state index in [0.717, 1.165) is 71.7 Å². The van der Waals surface area contributed by atoms with Gasteiger partial charge in [-0.05, 0) is 37.6 Å². The fourth-order valence-electron chi connectivity index (χ4n) is 2.96. The highest BCUT2D eigenvalue weighted by molar-refractivity contribution is 5.49. The van der Waals surface area contributed by atoms with Gasteiger partial charge in [-0.2, -0.15) is 0 Å². The van der Waals surface area contributed by atoms with E-state index in [2.05, 4.69) is 46.4 Å². The Morgan fingerprint density at radius 2 is 2.08 bits per heavy atom. The van der Waals surface area contributed by atoms with Crippen LogP contribution in [-0.4, -0.2) is 63.2 Å². The number of unbranched alkanes of at least 4 members (excludes halogenated alkanes) is 3. The molecule has 0 radical (unpaired) electrons. The van der Waals surface area contributed by atoms with Crippen LogP contribution in [0.1, 0.15) is 31.2 Å². The van der Waals surface area contributed by atoms with Gasteiger partial charge in [-0.25, -0.2) is 0 Å². The summed E-state index contributed by atoms with van der Waals surface area (Å²) in [5.74, 6) is 0. The Bertz CT molecular complexity index is 450. The normalized spacial score (nSPS) is 14.7. The molecule has 1 aliphatic heterocycles. The quantitative estimate of drug-likeness (QED) is 0.573. The number of ether oxygens (including phenoxy) is 1. The molecular formula is C19H33N3O2. The molecule has 2 N–H and O–H groups in total. The minimum Gasteiger partial charge on any atom is -0.396 e. The van der Waals surface area contributed by atoms with Crippen molar-refractivity contribution in [2.45, 2.75) is 32.2 Å². The zero-order valence-electron chi connectivity index (χ0n) is 15.0. The van der Waals surface area contributed by atoms with Gasteiger partial charge in [0.2, 0.25) is 0 Å². The van der Waals surface area contributed by atoms with E-state index >= 15 is 0 Å². The van der Waals surface area contributed by atoms with Gasteiger partial charge >= 0.3 is 0 Å². The van der Waals surface area contributed by atoms with Gasteiger partial charge in [0.05, 0.1) is 13.3 Å². The van der Waals surface area contributed by atoms with Crippen LogP contribution < -0.4 is 10.2 Å². The molecule has 0 amide bonds. The summed E-state index contributed by atoms with van der Waals surface area (Å²) >= 11 is 0. The Labute approximate surface area is 146 Å². The lowest BCUT2D eigenvalue weighted by Gasteiger charge is -2.20. The van der Waals surface area contributed by atoms with Crippen molar-refractivity contribution >= 4 is 5.69 Å². The highest BCUT2D eigenvalue weighted by Crippen LogP contribution is 2.17. The van der Waals surface area contributed by atoms with Crippen LogP contribution in [0.4, 0.5) is 5.69 Å². The van der Waals surface area contributed by atoms with E-state index in [0.29, 0.717) is 6.61 Å². The lowest BCUT2D eigenvalue weighted by atomic mass is 10.2. The van der Waals surface area contributed by atoms with Crippen LogP contribution in [0.15, 0.2) is 24.3 Å². The number of benzene rings is 1. The smallest absolute Gasteiger partial charge is 0.0683 e. The van der Waals surface area contributed by atoms with Gasteiger partial charge in [-0.15, -0.1) is 0 Å². The van der Waals surface area contributed by atoms with Crippen molar-refractivity contribution in [3.8, 4) is 0 Å². The van der Waals surface area contributed by atoms with Gasteiger partial charge in [0.15, 0.2) is 0 Å². The third-order valence-electron chi connectivity index (χ3n) is 4.40. The Morgan fingerprint density at radius 1 is 1.21 bits per heavy atom. The maximum atomic E-state index is 8.73. The molecular weight excluding hydrogens is 302 g/mol. The molecule has 0 spiro atoms. The van der Waals surface area contributed by atoms with Crippen LogP contribution in [0.5, 0.6) is 0 Å². The molecule has 1 heterocycles. The van der Waals surface area contributed by atoms with E-state index in [-0.39, 0.29) is 0 Å². The minimum absolute atomic E-state index is 0.307. The Balaban J connectivity index is 1.60. The lowest BCUT2D eigenvalue weighted by Crippen LogP contribution is -2.24. The first-order chi connectivity index (χ1) is 11.8. The number of hydrogen-bond donors (Lipinski definition) is 2. The summed E-state index contributed by atoms with van der Waals surface area (Å²) in [5.41, 5.74) is 2.66. The maximum absolute atomic E-state index is 8.73. The number of hydrogen-bond acceptors (Lipinski definition) is 5. The average molecular weight is 335 g/mol. The number of nitrogens with zero attached hydrogens (tertiary/aromatic N) is 2. The molecule has 5 heteroatoms. The maximum Gasteiger partial charge on any atom is 0.0683 e. The number of nitrogens with one attached hydrogen (secondary N) is 1. The van der Waals surface area contributed by atoms with Crippen molar-refractivity contribution in [3.63, 3.8) is 0 Å². The molecule has 0 aromatic heterocycles. The molecule has 0 atom stereocenters. The van der Waals surface area contributed by atoms with Crippen molar-refractivity contribution in [2.75, 3.05) is 58.1 Å². The predicted octanol–water partition coefficient (Wildman–Crippen LogP) is 2.05. The molecule has 1 aliphatic rings. The highest BCUT2D eigenvalue weighted by atomic mass is 16.5. The summed E-state index contributed by atoms with van der Waals surface area (Å²) in [6, 6.07) is 8.84. The Hall–Kier alpha value is -1.14. The summed E-state index contributed by atoms with van der Waals surface area (Å²) in [4.78, 5) is 4.69. The van der Waals surface area contributed by atoms with Crippen molar-refractivity contribution < 1.29 is 9.84 Å². The fourth-order valence-corrected chi connectivity index (χ4v) is 2.96. The van der Waals surface area contributed by atoms with E-state index in [4.69, 9.17) is 9.84 Å². The summed E-state index contributed by atoms with van der Waals surface area (Å²) in [6.07, 6.45) is 4.25. The van der Waals surface area contributed by atoms with Crippen molar-refractivity contribution in [1.29, 1.82) is 0 Å². The van der Waals surface area contributed by atoms with Gasteiger partial charge in [0, 0.05) is 45.1 Å². The Kier molecular flexibility index (Phi) is 9.13. The largest absolute Gasteiger partial charge is 0.396 e. The zero-order valence-corrected chi connectivity index (χ0v) is 15.0. The molecule has 1 saturated heterocycles. The van der Waals surface area contributed by atoms with Crippen molar-refractivity contribution in [2.24, 2.45) is 0 Å². The molecule has 1 aromatic carbocycles. The summed E-state index contributed by atoms with van der Waals surface area (Å²) in [7, 11) is 2.15. The van der Waals surface area contributed by atoms with E-state index in [1.165, 1.54) is 11.3 Å². The van der Waals surface area contributed by atoms with Crippen LogP contribution >= 0.6 is 0 Å². The second kappa shape index (κ2) is 11.4. The molecule has 0 saturated carbocycles. The third-order valence-corrected chi connectivity index (χ3v) is 4.40. The topological polar surface area (TPSA) is 48.0 Å². The SMILES string of the molecule is CN(CCOCCCCCCO)Cc1cccc(N2CCNC2)c1. The average Bonchev–Trinajstić information content (AvgIpc) is 3.12. The molecule has 5 nitrogen and oxygen atoms in total. The summed E-state index contributed by atoms with van der Waals surface area (Å²) in [6.45, 7) is 6.93. The van der Waals surface area contributed by atoms with Crippen LogP contribution in [0.2, 0.25) is 0 Å². The number of rotatable bonds is 12. The molecule has 1 aromatic rings. The molecule has 2 rings (SSSR count). The van der Waals surface area contributed by atoms with E-state index in [1.54, 1.807) is 0 Å². The fraction of sp³-hybridized carbons (Fsp3) is 0.684. The second-order valence-electron chi connectivity index (χ2n) is 6.58. The Morgan fingerprint density at radius 3 is 2.88 bits per heavy atom. The molecule has 1 fully saturated rings. The van der Waals surface area contributed by atoms with Crippen LogP contribution in [0.3, 0.4) is 0 Å². The van der Waals surface area contributed by atoms with E-state index in [1.807, 2.05) is 0 Å². The molecule has 136 valence electrons. The first-order valence-corrected chi connectivity index (χ1v) is 9.21. The zero-order chi connectivity index (χ0) is 17.0. The van der Waals surface area contributed by atoms with Crippen LogP contribution in [0.25, 0.3) is 0 Å². The van der Waals surface area contributed by atoms with E-state index in [9.17, 15) is 0 Å². The third kappa shape index (κ3) is 7.18. The highest BCUT2D eigenvalue weighted by Gasteiger charge is 2.11. The predicted molar refractivity (Wildman–Crippen MR) is 99.4 cm³/mol. The molecule has 0 bridgehead atoms. The van der Waals surface area contributed by atoms with Gasteiger partial charge in [0.25, 0.3) is 0 Å². The first-order valence-electron chi connectivity index (χ1n) is 9.21. The lowest BCUT2D eigenvalue weighted by molar-refractivity contribution is 0.106. The first kappa shape index (κ1) is 19.2. The number of likely N-dealkylation sites (N-methyl/N-ethyl adjacent to an activating group) is 1. The molecule has 24 heavy (non-hydrogen) atoms. The minimum atomic E-state index is 0.307. The van der Waals surface area contributed by atoms with Gasteiger partial charge in [-0.3, -0.25) is 10.2 Å². The van der Waals surface area contributed by atoms with Gasteiger partial charge in [-0.1, -0.05) is 25.0 Å². The van der Waals surface area contributed by atoms with Crippen molar-refractivity contribution in [3.05, 3.63) is 29.8 Å². The van der Waals surface area contributed by atoms with Gasteiger partial charge in [0.1, 0.15) is 0 Å². The number of aliphatic hydroxyl groups excluding tert-OH is 1. The monoisotopic (exact) mass is 335 g/mol. The molecule has 0 unspecified atom stereocenters. The van der Waals surface area contributed by atoms with Crippen LogP contribution in [-0.2, 0) is 11.3 Å². The summed E-state index contributed by atoms with van der Waals surface area (Å²) in [5, 5.41) is 12.1. The summed E-state index contributed by atoms with van der Waals surface area (Å²) < 4.78 is 5.71.